The van der Waals surface area contributed by atoms with Gasteiger partial charge in [0, 0.05) is 5.92 Å². The van der Waals surface area contributed by atoms with E-state index < -0.39 is 43.2 Å². The third kappa shape index (κ3) is 5.76. The number of rotatable bonds is 9. The van der Waals surface area contributed by atoms with E-state index in [2.05, 4.69) is 0 Å². The van der Waals surface area contributed by atoms with Gasteiger partial charge in [0.25, 0.3) is 0 Å². The molecule has 2 aromatic rings. The molecule has 2 aliphatic rings. The highest BCUT2D eigenvalue weighted by molar-refractivity contribution is 5.75. The molecule has 0 unspecified atom stereocenters. The summed E-state index contributed by atoms with van der Waals surface area (Å²) in [5.74, 6) is 0.132. The van der Waals surface area contributed by atoms with Crippen molar-refractivity contribution in [2.75, 3.05) is 27.4 Å². The zero-order chi connectivity index (χ0) is 26.7. The molecular weight excluding hydrogens is 488 g/mol. The molecule has 2 aliphatic heterocycles. The van der Waals surface area contributed by atoms with Crippen LogP contribution < -0.4 is 14.2 Å². The molecule has 4 rings (SSSR count). The standard InChI is InChI=1S/C26H32O11/c1-33-19-9-13(3-5-17(19)28)7-15-12-35-25(32)16(15)8-14-4-6-18(20(10-14)34-2)36-26-24(31)23(30)22(29)21(11-27)37-26/h3-6,9-10,15-16,21-24,26-31H,7-8,11-12H2,1-2H3/t15-,16+,21+,22+,23-,24+,26+/m1/s1. The molecule has 0 aliphatic carbocycles. The van der Waals surface area contributed by atoms with Gasteiger partial charge in [-0.15, -0.1) is 0 Å². The van der Waals surface area contributed by atoms with Gasteiger partial charge in [-0.1, -0.05) is 12.1 Å². The van der Waals surface area contributed by atoms with Crippen molar-refractivity contribution in [2.24, 2.45) is 11.8 Å². The number of hydrogen-bond donors (Lipinski definition) is 5. The number of ether oxygens (including phenoxy) is 5. The SMILES string of the molecule is COc1cc(C[C@@H]2COC(=O)[C@H]2Cc2ccc(O[C@H]3O[C@@H](CO)[C@H](O)[C@@H](O)[C@@H]3O)c(OC)c2)ccc1O. The van der Waals surface area contributed by atoms with Crippen LogP contribution in [0, 0.1) is 11.8 Å². The van der Waals surface area contributed by atoms with Gasteiger partial charge in [0.2, 0.25) is 6.29 Å². The van der Waals surface area contributed by atoms with Crippen LogP contribution in [0.5, 0.6) is 23.0 Å². The van der Waals surface area contributed by atoms with Crippen molar-refractivity contribution >= 4 is 5.97 Å². The van der Waals surface area contributed by atoms with E-state index in [1.165, 1.54) is 14.2 Å². The summed E-state index contributed by atoms with van der Waals surface area (Å²) < 4.78 is 27.1. The third-order valence-corrected chi connectivity index (χ3v) is 6.83. The van der Waals surface area contributed by atoms with Gasteiger partial charge in [0.05, 0.1) is 33.4 Å². The fourth-order valence-electron chi connectivity index (χ4n) is 4.69. The van der Waals surface area contributed by atoms with Gasteiger partial charge in [-0.25, -0.2) is 0 Å². The van der Waals surface area contributed by atoms with Crippen LogP contribution in [0.4, 0.5) is 0 Å². The lowest BCUT2D eigenvalue weighted by Crippen LogP contribution is -2.60. The number of aromatic hydroxyl groups is 1. The number of carbonyl (C=O) groups is 1. The van der Waals surface area contributed by atoms with Crippen molar-refractivity contribution in [3.05, 3.63) is 47.5 Å². The van der Waals surface area contributed by atoms with Crippen LogP contribution in [0.2, 0.25) is 0 Å². The topological polar surface area (TPSA) is 164 Å². The van der Waals surface area contributed by atoms with Crippen molar-refractivity contribution in [3.63, 3.8) is 0 Å². The average Bonchev–Trinajstić information content (AvgIpc) is 3.24. The van der Waals surface area contributed by atoms with Gasteiger partial charge < -0.3 is 49.2 Å². The Morgan fingerprint density at radius 2 is 1.57 bits per heavy atom. The van der Waals surface area contributed by atoms with Crippen LogP contribution in [-0.2, 0) is 27.1 Å². The number of phenolic OH excluding ortho intramolecular Hbond substituents is 1. The second-order valence-electron chi connectivity index (χ2n) is 9.21. The zero-order valence-electron chi connectivity index (χ0n) is 20.5. The minimum atomic E-state index is -1.57. The number of aliphatic hydroxyl groups excluding tert-OH is 4. The van der Waals surface area contributed by atoms with Crippen molar-refractivity contribution in [3.8, 4) is 23.0 Å². The molecule has 0 spiro atoms. The lowest BCUT2D eigenvalue weighted by molar-refractivity contribution is -0.277. The van der Waals surface area contributed by atoms with Crippen LogP contribution in [0.15, 0.2) is 36.4 Å². The van der Waals surface area contributed by atoms with Crippen LogP contribution in [0.25, 0.3) is 0 Å². The van der Waals surface area contributed by atoms with Crippen molar-refractivity contribution in [1.29, 1.82) is 0 Å². The number of methoxy groups -OCH3 is 2. The Morgan fingerprint density at radius 3 is 2.27 bits per heavy atom. The molecule has 11 nitrogen and oxygen atoms in total. The number of cyclic esters (lactones) is 1. The van der Waals surface area contributed by atoms with Crippen molar-refractivity contribution in [1.82, 2.24) is 0 Å². The van der Waals surface area contributed by atoms with Gasteiger partial charge in [0.15, 0.2) is 23.0 Å². The Bertz CT molecular complexity index is 1090. The molecule has 2 fully saturated rings. The largest absolute Gasteiger partial charge is 0.504 e. The molecule has 0 saturated carbocycles. The third-order valence-electron chi connectivity index (χ3n) is 6.83. The first-order valence-corrected chi connectivity index (χ1v) is 11.9. The number of carbonyl (C=O) groups excluding carboxylic acids is 1. The molecule has 0 bridgehead atoms. The number of aliphatic hydroxyl groups is 4. The summed E-state index contributed by atoms with van der Waals surface area (Å²) in [6.07, 6.45) is -6.14. The van der Waals surface area contributed by atoms with Crippen molar-refractivity contribution < 1.29 is 54.0 Å². The second-order valence-corrected chi connectivity index (χ2v) is 9.21. The van der Waals surface area contributed by atoms with Gasteiger partial charge >= 0.3 is 5.97 Å². The summed E-state index contributed by atoms with van der Waals surface area (Å²) in [5.41, 5.74) is 1.69. The Balaban J connectivity index is 1.47. The Morgan fingerprint density at radius 1 is 0.892 bits per heavy atom. The molecule has 202 valence electrons. The predicted octanol–water partition coefficient (Wildman–Crippen LogP) is 0.163. The lowest BCUT2D eigenvalue weighted by atomic mass is 9.85. The second kappa shape index (κ2) is 11.5. The minimum absolute atomic E-state index is 0.0414. The highest BCUT2D eigenvalue weighted by Crippen LogP contribution is 2.36. The summed E-state index contributed by atoms with van der Waals surface area (Å²) in [7, 11) is 2.91. The number of benzene rings is 2. The quantitative estimate of drug-likeness (QED) is 0.286. The fraction of sp³-hybridized carbons (Fsp3) is 0.500. The van der Waals surface area contributed by atoms with E-state index in [-0.39, 0.29) is 30.0 Å². The maximum atomic E-state index is 12.5. The highest BCUT2D eigenvalue weighted by Gasteiger charge is 2.45. The van der Waals surface area contributed by atoms with E-state index in [0.717, 1.165) is 11.1 Å². The number of esters is 1. The molecule has 0 radical (unpaired) electrons. The first-order valence-electron chi connectivity index (χ1n) is 11.9. The van der Waals surface area contributed by atoms with Gasteiger partial charge in [-0.3, -0.25) is 4.79 Å². The zero-order valence-corrected chi connectivity index (χ0v) is 20.5. The van der Waals surface area contributed by atoms with Crippen LogP contribution >= 0.6 is 0 Å². The molecule has 7 atom stereocenters. The highest BCUT2D eigenvalue weighted by atomic mass is 16.7. The Labute approximate surface area is 213 Å². The van der Waals surface area contributed by atoms with E-state index in [1.807, 2.05) is 0 Å². The smallest absolute Gasteiger partial charge is 0.309 e. The van der Waals surface area contributed by atoms with Crippen LogP contribution in [0.1, 0.15) is 11.1 Å². The summed E-state index contributed by atoms with van der Waals surface area (Å²) in [4.78, 5) is 12.5. The minimum Gasteiger partial charge on any atom is -0.504 e. The van der Waals surface area contributed by atoms with Crippen LogP contribution in [-0.4, -0.2) is 89.6 Å². The lowest BCUT2D eigenvalue weighted by Gasteiger charge is -2.39. The molecule has 2 heterocycles. The molecule has 2 aromatic carbocycles. The first-order chi connectivity index (χ1) is 17.7. The van der Waals surface area contributed by atoms with E-state index in [4.69, 9.17) is 23.7 Å². The first kappa shape index (κ1) is 27.0. The predicted molar refractivity (Wildman–Crippen MR) is 127 cm³/mol. The Kier molecular flexibility index (Phi) is 8.40. The van der Waals surface area contributed by atoms with E-state index in [1.54, 1.807) is 36.4 Å². The van der Waals surface area contributed by atoms with Gasteiger partial charge in [-0.2, -0.15) is 0 Å². The monoisotopic (exact) mass is 520 g/mol. The van der Waals surface area contributed by atoms with E-state index in [0.29, 0.717) is 24.3 Å². The summed E-state index contributed by atoms with van der Waals surface area (Å²) >= 11 is 0. The summed E-state index contributed by atoms with van der Waals surface area (Å²) in [6.45, 7) is -0.293. The number of phenols is 1. The number of hydrogen-bond acceptors (Lipinski definition) is 11. The van der Waals surface area contributed by atoms with Gasteiger partial charge in [0.1, 0.15) is 24.4 Å². The fourth-order valence-corrected chi connectivity index (χ4v) is 4.69. The molecule has 0 aromatic heterocycles. The maximum Gasteiger partial charge on any atom is 0.309 e. The summed E-state index contributed by atoms with van der Waals surface area (Å²) in [6, 6.07) is 10.1. The molecule has 0 amide bonds. The van der Waals surface area contributed by atoms with E-state index in [9.17, 15) is 30.3 Å². The summed E-state index contributed by atoms with van der Waals surface area (Å²) in [5, 5.41) is 49.5. The maximum absolute atomic E-state index is 12.5. The normalized spacial score (nSPS) is 29.6. The van der Waals surface area contributed by atoms with Crippen LogP contribution in [0.3, 0.4) is 0 Å². The van der Waals surface area contributed by atoms with Gasteiger partial charge in [-0.05, 0) is 48.2 Å². The molecular formula is C26H32O11. The molecule has 11 heteroatoms. The van der Waals surface area contributed by atoms with E-state index >= 15 is 0 Å². The average molecular weight is 521 g/mol. The van der Waals surface area contributed by atoms with Crippen molar-refractivity contribution in [2.45, 2.75) is 43.5 Å². The molecule has 37 heavy (non-hydrogen) atoms. The Hall–Kier alpha value is -3.09. The molecule has 2 saturated heterocycles. The molecule has 5 N–H and O–H groups in total.